The van der Waals surface area contributed by atoms with E-state index < -0.39 is 60.3 Å². The number of sulfone groups is 1. The summed E-state index contributed by atoms with van der Waals surface area (Å²) in [5, 5.41) is 14.5. The van der Waals surface area contributed by atoms with Crippen LogP contribution in [0.1, 0.15) is 43.9 Å². The minimum Gasteiger partial charge on any atom is -0.497 e. The number of imidazole rings is 1. The number of aromatic amines is 1. The van der Waals surface area contributed by atoms with Gasteiger partial charge in [0.15, 0.2) is 29.4 Å². The van der Waals surface area contributed by atoms with Gasteiger partial charge in [-0.15, -0.1) is 0 Å². The molecule has 0 aliphatic carbocycles. The van der Waals surface area contributed by atoms with Gasteiger partial charge in [0.05, 0.1) is 54.8 Å². The number of para-hydroxylation sites is 1. The molecule has 1 unspecified atom stereocenters. The molecule has 6 rings (SSSR count). The van der Waals surface area contributed by atoms with Crippen LogP contribution >= 0.6 is 8.38 Å². The Labute approximate surface area is 333 Å². The van der Waals surface area contributed by atoms with Crippen LogP contribution in [-0.4, -0.2) is 100 Å². The molecule has 0 saturated carbocycles. The number of anilines is 1. The Morgan fingerprint density at radius 3 is 2.71 bits per heavy atom. The van der Waals surface area contributed by atoms with Gasteiger partial charge in [-0.25, -0.2) is 18.2 Å². The Bertz CT molecular complexity index is 2480. The maximum atomic E-state index is 13.0. The molecule has 0 bridgehead atoms. The van der Waals surface area contributed by atoms with Gasteiger partial charge in [0.1, 0.15) is 18.6 Å². The van der Waals surface area contributed by atoms with Crippen LogP contribution in [-0.2, 0) is 39.8 Å². The lowest BCUT2D eigenvalue weighted by Gasteiger charge is -2.17. The molecular weight excluding hydrogens is 795 g/mol. The molecule has 5 aromatic rings. The summed E-state index contributed by atoms with van der Waals surface area (Å²) in [6.45, 7) is -0.277. The molecular formula is C37H41N8O11PS. The lowest BCUT2D eigenvalue weighted by molar-refractivity contribution is -0.120. The lowest BCUT2D eigenvalue weighted by atomic mass is 10.1. The van der Waals surface area contributed by atoms with Gasteiger partial charge < -0.3 is 28.9 Å². The highest BCUT2D eigenvalue weighted by Crippen LogP contribution is 2.36. The van der Waals surface area contributed by atoms with Crippen molar-refractivity contribution >= 4 is 64.1 Å². The monoisotopic (exact) mass is 836 g/mol. The number of hydrogen-bond donors (Lipinski definition) is 4. The second-order valence-electron chi connectivity index (χ2n) is 13.1. The number of benzene rings is 2. The Morgan fingerprint density at radius 2 is 1.93 bits per heavy atom. The van der Waals surface area contributed by atoms with E-state index in [0.29, 0.717) is 54.1 Å². The van der Waals surface area contributed by atoms with E-state index in [-0.39, 0.29) is 54.1 Å². The molecule has 1 aliphatic heterocycles. The summed E-state index contributed by atoms with van der Waals surface area (Å²) in [4.78, 5) is 72.8. The summed E-state index contributed by atoms with van der Waals surface area (Å²) < 4.78 is 50.2. The van der Waals surface area contributed by atoms with E-state index in [9.17, 15) is 32.5 Å². The number of hydrogen-bond acceptors (Lipinski definition) is 14. The third kappa shape index (κ3) is 10.4. The smallest absolute Gasteiger partial charge is 0.418 e. The fraction of sp³-hybridized carbons (Fsp3) is 0.378. The summed E-state index contributed by atoms with van der Waals surface area (Å²) in [5.41, 5.74) is 0.636. The number of rotatable bonds is 18. The third-order valence-electron chi connectivity index (χ3n) is 9.15. The Kier molecular flexibility index (Phi) is 13.8. The molecule has 2 aromatic carbocycles. The van der Waals surface area contributed by atoms with Crippen molar-refractivity contribution in [1.29, 1.82) is 5.26 Å². The number of aromatic nitrogens is 5. The molecule has 3 aromatic heterocycles. The average Bonchev–Trinajstić information content (AvgIpc) is 3.95. The van der Waals surface area contributed by atoms with Crippen LogP contribution in [0.25, 0.3) is 22.1 Å². The van der Waals surface area contributed by atoms with Crippen molar-refractivity contribution in [2.24, 2.45) is 0 Å². The van der Waals surface area contributed by atoms with Gasteiger partial charge in [-0.1, -0.05) is 18.2 Å². The van der Waals surface area contributed by atoms with Crippen molar-refractivity contribution in [2.75, 3.05) is 44.1 Å². The number of nitrogens with one attached hydrogen (secondary N) is 3. The molecule has 0 radical (unpaired) electrons. The van der Waals surface area contributed by atoms with Gasteiger partial charge in [0.25, 0.3) is 5.56 Å². The zero-order chi connectivity index (χ0) is 41.2. The maximum Gasteiger partial charge on any atom is 0.418 e. The summed E-state index contributed by atoms with van der Waals surface area (Å²) in [7, 11) is -3.92. The van der Waals surface area contributed by atoms with E-state index in [1.807, 2.05) is 6.07 Å². The summed E-state index contributed by atoms with van der Waals surface area (Å²) in [5.74, 6) is -1.02. The van der Waals surface area contributed by atoms with E-state index in [1.54, 1.807) is 28.8 Å². The van der Waals surface area contributed by atoms with E-state index in [4.69, 9.17) is 24.0 Å². The molecule has 306 valence electrons. The predicted molar refractivity (Wildman–Crippen MR) is 210 cm³/mol. The SMILES string of the molecule is COc1ccc(S(=O)(=O)CCOC(=O)n2cc(CC(=O)NCCC(=O)Nc3nc4c(ncn4[C@H]4CC[C@@H](COP(O)CCCC#N)O4)c(=O)[nH]3)c3ccccc32)cc1. The molecule has 1 saturated heterocycles. The lowest BCUT2D eigenvalue weighted by Crippen LogP contribution is -2.29. The van der Waals surface area contributed by atoms with Crippen molar-refractivity contribution in [3.63, 3.8) is 0 Å². The largest absolute Gasteiger partial charge is 0.497 e. The highest BCUT2D eigenvalue weighted by atomic mass is 32.2. The van der Waals surface area contributed by atoms with Crippen LogP contribution in [0.15, 0.2) is 70.7 Å². The molecule has 4 heterocycles. The minimum absolute atomic E-state index is 0.0494. The standard InChI is InChI=1S/C37H41N8O11PS/c1-53-25-8-11-27(12-9-25)58(51,52)19-17-54-37(49)44-21-24(28-6-2-3-7-29(28)44)20-31(47)39-16-14-30(46)41-36-42-34-33(35(48)43-36)40-23-45(34)32-13-10-26(56-32)22-55-57(50)18-5-4-15-38/h2-3,6-9,11-12,21,23,26,32,50H,4-5,10,13-14,16-20,22H2,1H3,(H,39,47)(H2,41,42,43,46,48)/t26-,32+,57?/m0/s1. The molecule has 1 fully saturated rings. The average molecular weight is 837 g/mol. The summed E-state index contributed by atoms with van der Waals surface area (Å²) in [6, 6.07) is 14.8. The first-order chi connectivity index (χ1) is 27.9. The van der Waals surface area contributed by atoms with Crippen molar-refractivity contribution in [2.45, 2.75) is 55.8 Å². The van der Waals surface area contributed by atoms with Crippen molar-refractivity contribution in [1.82, 2.24) is 29.4 Å². The van der Waals surface area contributed by atoms with Gasteiger partial charge in [0, 0.05) is 37.1 Å². The first kappa shape index (κ1) is 41.9. The number of methoxy groups -OCH3 is 1. The number of fused-ring (bicyclic) bond motifs is 2. The topological polar surface area (TPSA) is 259 Å². The Hall–Kier alpha value is -5.71. The van der Waals surface area contributed by atoms with E-state index in [2.05, 4.69) is 25.6 Å². The summed E-state index contributed by atoms with van der Waals surface area (Å²) >= 11 is 0. The molecule has 4 N–H and O–H groups in total. The fourth-order valence-electron chi connectivity index (χ4n) is 6.23. The van der Waals surface area contributed by atoms with E-state index in [0.717, 1.165) is 0 Å². The zero-order valence-corrected chi connectivity index (χ0v) is 33.0. The highest BCUT2D eigenvalue weighted by molar-refractivity contribution is 7.91. The van der Waals surface area contributed by atoms with Gasteiger partial charge in [-0.2, -0.15) is 10.2 Å². The zero-order valence-electron chi connectivity index (χ0n) is 31.3. The highest BCUT2D eigenvalue weighted by Gasteiger charge is 2.29. The molecule has 3 atom stereocenters. The van der Waals surface area contributed by atoms with E-state index in [1.165, 1.54) is 48.5 Å². The molecule has 19 nitrogen and oxygen atoms in total. The van der Waals surface area contributed by atoms with Crippen LogP contribution in [0, 0.1) is 11.3 Å². The van der Waals surface area contributed by atoms with Crippen LogP contribution in [0.4, 0.5) is 10.7 Å². The first-order valence-corrected chi connectivity index (χ1v) is 21.3. The number of carbonyl (C=O) groups is 3. The van der Waals surface area contributed by atoms with Gasteiger partial charge in [-0.3, -0.25) is 33.8 Å². The molecule has 1 aliphatic rings. The normalized spacial score (nSPS) is 15.9. The number of amides is 2. The van der Waals surface area contributed by atoms with Gasteiger partial charge in [-0.05, 0) is 55.2 Å². The number of ether oxygens (including phenoxy) is 3. The number of carbonyl (C=O) groups excluding carboxylic acids is 3. The molecule has 2 amide bonds. The molecule has 0 spiro atoms. The van der Waals surface area contributed by atoms with Crippen LogP contribution in [0.5, 0.6) is 5.75 Å². The number of unbranched alkanes of at least 4 members (excludes halogenated alkanes) is 1. The van der Waals surface area contributed by atoms with Crippen LogP contribution in [0.2, 0.25) is 0 Å². The fourth-order valence-corrected chi connectivity index (χ4v) is 8.22. The van der Waals surface area contributed by atoms with Crippen LogP contribution in [0.3, 0.4) is 0 Å². The van der Waals surface area contributed by atoms with Crippen molar-refractivity contribution in [3.8, 4) is 11.8 Å². The second-order valence-corrected chi connectivity index (χ2v) is 16.7. The third-order valence-corrected chi connectivity index (χ3v) is 12.0. The predicted octanol–water partition coefficient (Wildman–Crippen LogP) is 3.53. The van der Waals surface area contributed by atoms with Crippen LogP contribution < -0.4 is 20.9 Å². The van der Waals surface area contributed by atoms with Gasteiger partial charge in [0.2, 0.25) is 17.8 Å². The minimum atomic E-state index is -3.74. The maximum absolute atomic E-state index is 13.0. The Morgan fingerprint density at radius 1 is 1.14 bits per heavy atom. The molecule has 58 heavy (non-hydrogen) atoms. The van der Waals surface area contributed by atoms with E-state index >= 15 is 0 Å². The number of nitrogens with zero attached hydrogens (tertiary/aromatic N) is 5. The quantitative estimate of drug-likeness (QED) is 0.0728. The number of nitriles is 1. The summed E-state index contributed by atoms with van der Waals surface area (Å²) in [6.07, 6.45) is 3.44. The number of H-pyrrole nitrogens is 1. The Balaban J connectivity index is 0.988. The van der Waals surface area contributed by atoms with Crippen molar-refractivity contribution < 1.29 is 46.4 Å². The second kappa shape index (κ2) is 19.2. The molecule has 21 heteroatoms. The van der Waals surface area contributed by atoms with Gasteiger partial charge >= 0.3 is 6.09 Å². The van der Waals surface area contributed by atoms with Crippen molar-refractivity contribution in [3.05, 3.63) is 77.0 Å². The first-order valence-electron chi connectivity index (χ1n) is 18.2.